The van der Waals surface area contributed by atoms with Crippen LogP contribution >= 0.6 is 24.0 Å². The van der Waals surface area contributed by atoms with Gasteiger partial charge in [0.15, 0.2) is 5.96 Å². The Bertz CT molecular complexity index is 527. The quantitative estimate of drug-likeness (QED) is 0.284. The molecule has 2 aliphatic rings. The van der Waals surface area contributed by atoms with Gasteiger partial charge in [-0.1, -0.05) is 13.8 Å². The summed E-state index contributed by atoms with van der Waals surface area (Å²) in [6, 6.07) is 1.26. The molecule has 0 aromatic rings. The molecule has 154 valence electrons. The third-order valence-electron chi connectivity index (χ3n) is 5.00. The zero-order valence-corrected chi connectivity index (χ0v) is 19.6. The summed E-state index contributed by atoms with van der Waals surface area (Å²) < 4.78 is 26.0. The van der Waals surface area contributed by atoms with Crippen LogP contribution in [0.25, 0.3) is 0 Å². The van der Waals surface area contributed by atoms with E-state index in [9.17, 15) is 8.42 Å². The van der Waals surface area contributed by atoms with Crippen molar-refractivity contribution in [1.29, 1.82) is 0 Å². The predicted molar refractivity (Wildman–Crippen MR) is 119 cm³/mol. The SMILES string of the molecule is CCNC(=NCCS(=O)(=O)N(CC)CC)NC1CCN(C2CC2)CC1.I. The minimum absolute atomic E-state index is 0. The Kier molecular flexibility index (Phi) is 10.7. The van der Waals surface area contributed by atoms with Gasteiger partial charge in [-0.25, -0.2) is 12.7 Å². The van der Waals surface area contributed by atoms with Crippen LogP contribution in [0, 0.1) is 0 Å². The second-order valence-corrected chi connectivity index (χ2v) is 8.94. The van der Waals surface area contributed by atoms with Gasteiger partial charge in [-0.2, -0.15) is 0 Å². The molecule has 0 aromatic carbocycles. The topological polar surface area (TPSA) is 77.0 Å². The Hall–Kier alpha value is -0.130. The molecule has 0 bridgehead atoms. The van der Waals surface area contributed by atoms with Gasteiger partial charge in [-0.05, 0) is 32.6 Å². The monoisotopic (exact) mass is 501 g/mol. The second kappa shape index (κ2) is 11.7. The number of rotatable bonds is 9. The average molecular weight is 501 g/mol. The Morgan fingerprint density at radius 2 is 1.73 bits per heavy atom. The smallest absolute Gasteiger partial charge is 0.215 e. The van der Waals surface area contributed by atoms with Crippen LogP contribution in [0.3, 0.4) is 0 Å². The van der Waals surface area contributed by atoms with Crippen molar-refractivity contribution in [3.05, 3.63) is 0 Å². The maximum absolute atomic E-state index is 12.2. The summed E-state index contributed by atoms with van der Waals surface area (Å²) in [5.41, 5.74) is 0. The highest BCUT2D eigenvalue weighted by Gasteiger charge is 2.31. The van der Waals surface area contributed by atoms with Gasteiger partial charge >= 0.3 is 0 Å². The Morgan fingerprint density at radius 1 is 1.12 bits per heavy atom. The van der Waals surface area contributed by atoms with E-state index in [0.29, 0.717) is 19.1 Å². The van der Waals surface area contributed by atoms with Crippen molar-refractivity contribution in [2.45, 2.75) is 58.5 Å². The minimum Gasteiger partial charge on any atom is -0.357 e. The molecule has 0 unspecified atom stereocenters. The molecule has 9 heteroatoms. The molecule has 0 spiro atoms. The molecular weight excluding hydrogens is 465 g/mol. The summed E-state index contributed by atoms with van der Waals surface area (Å²) in [4.78, 5) is 7.08. The van der Waals surface area contributed by atoms with E-state index in [1.807, 2.05) is 20.8 Å². The highest BCUT2D eigenvalue weighted by Crippen LogP contribution is 2.29. The molecule has 0 amide bonds. The standard InChI is InChI=1S/C17H35N5O2S.HI/c1-4-18-17(19-11-14-25(23,24)22(5-2)6-3)20-15-9-12-21(13-10-15)16-7-8-16;/h15-16H,4-14H2,1-3H3,(H2,18,19,20);1H. The lowest BCUT2D eigenvalue weighted by Crippen LogP contribution is -2.49. The van der Waals surface area contributed by atoms with Crippen LogP contribution in [-0.2, 0) is 10.0 Å². The van der Waals surface area contributed by atoms with E-state index in [1.54, 1.807) is 0 Å². The molecule has 1 saturated carbocycles. The van der Waals surface area contributed by atoms with E-state index in [4.69, 9.17) is 0 Å². The number of piperidine rings is 1. The van der Waals surface area contributed by atoms with Crippen LogP contribution in [0.4, 0.5) is 0 Å². The third-order valence-corrected chi connectivity index (χ3v) is 7.00. The zero-order valence-electron chi connectivity index (χ0n) is 16.4. The van der Waals surface area contributed by atoms with Crippen molar-refractivity contribution >= 4 is 40.0 Å². The van der Waals surface area contributed by atoms with Gasteiger partial charge in [0.2, 0.25) is 10.0 Å². The van der Waals surface area contributed by atoms with Crippen LogP contribution in [0.2, 0.25) is 0 Å². The van der Waals surface area contributed by atoms with Gasteiger partial charge in [0.1, 0.15) is 0 Å². The fourth-order valence-electron chi connectivity index (χ4n) is 3.38. The van der Waals surface area contributed by atoms with Gasteiger partial charge in [0, 0.05) is 44.8 Å². The maximum Gasteiger partial charge on any atom is 0.215 e. The molecule has 1 heterocycles. The van der Waals surface area contributed by atoms with E-state index >= 15 is 0 Å². The Labute approximate surface area is 176 Å². The van der Waals surface area contributed by atoms with Gasteiger partial charge in [-0.3, -0.25) is 4.99 Å². The van der Waals surface area contributed by atoms with Crippen molar-refractivity contribution in [2.75, 3.05) is 45.0 Å². The highest BCUT2D eigenvalue weighted by molar-refractivity contribution is 14.0. The number of likely N-dealkylation sites (tertiary alicyclic amines) is 1. The number of hydrogen-bond acceptors (Lipinski definition) is 4. The molecule has 2 N–H and O–H groups in total. The first-order chi connectivity index (χ1) is 12.0. The zero-order chi connectivity index (χ0) is 18.3. The third kappa shape index (κ3) is 7.47. The number of nitrogens with one attached hydrogen (secondary N) is 2. The Balaban J connectivity index is 0.00000338. The summed E-state index contributed by atoms with van der Waals surface area (Å²) >= 11 is 0. The van der Waals surface area contributed by atoms with Crippen LogP contribution in [0.5, 0.6) is 0 Å². The molecule has 26 heavy (non-hydrogen) atoms. The fraction of sp³-hybridized carbons (Fsp3) is 0.941. The lowest BCUT2D eigenvalue weighted by atomic mass is 10.1. The van der Waals surface area contributed by atoms with Gasteiger partial charge in [0.05, 0.1) is 12.3 Å². The van der Waals surface area contributed by atoms with Crippen LogP contribution in [0.15, 0.2) is 4.99 Å². The largest absolute Gasteiger partial charge is 0.357 e. The number of nitrogens with zero attached hydrogens (tertiary/aromatic N) is 3. The summed E-state index contributed by atoms with van der Waals surface area (Å²) in [6.45, 7) is 10.1. The lowest BCUT2D eigenvalue weighted by molar-refractivity contribution is 0.197. The molecule has 2 fully saturated rings. The molecule has 7 nitrogen and oxygen atoms in total. The van der Waals surface area contributed by atoms with E-state index < -0.39 is 10.0 Å². The van der Waals surface area contributed by atoms with Crippen molar-refractivity contribution in [3.8, 4) is 0 Å². The minimum atomic E-state index is -3.21. The van der Waals surface area contributed by atoms with Gasteiger partial charge in [0.25, 0.3) is 0 Å². The second-order valence-electron chi connectivity index (χ2n) is 6.85. The highest BCUT2D eigenvalue weighted by atomic mass is 127. The summed E-state index contributed by atoms with van der Waals surface area (Å²) in [5.74, 6) is 0.799. The van der Waals surface area contributed by atoms with E-state index in [2.05, 4.69) is 20.5 Å². The number of halogens is 1. The molecule has 0 atom stereocenters. The van der Waals surface area contributed by atoms with Crippen LogP contribution in [-0.4, -0.2) is 80.7 Å². The van der Waals surface area contributed by atoms with Crippen molar-refractivity contribution < 1.29 is 8.42 Å². The van der Waals surface area contributed by atoms with Crippen LogP contribution in [0.1, 0.15) is 46.5 Å². The number of aliphatic imine (C=N–C) groups is 1. The molecule has 2 rings (SSSR count). The summed E-state index contributed by atoms with van der Waals surface area (Å²) in [7, 11) is -3.21. The van der Waals surface area contributed by atoms with E-state index in [-0.39, 0.29) is 36.3 Å². The van der Waals surface area contributed by atoms with E-state index in [0.717, 1.165) is 44.5 Å². The first-order valence-corrected chi connectivity index (χ1v) is 11.4. The van der Waals surface area contributed by atoms with Gasteiger partial charge < -0.3 is 15.5 Å². The predicted octanol–water partition coefficient (Wildman–Crippen LogP) is 1.46. The number of hydrogen-bond donors (Lipinski definition) is 2. The van der Waals surface area contributed by atoms with Gasteiger partial charge in [-0.15, -0.1) is 24.0 Å². The fourth-order valence-corrected chi connectivity index (χ4v) is 4.75. The molecule has 1 aliphatic carbocycles. The van der Waals surface area contributed by atoms with Crippen molar-refractivity contribution in [1.82, 2.24) is 19.8 Å². The maximum atomic E-state index is 12.2. The van der Waals surface area contributed by atoms with Crippen LogP contribution < -0.4 is 10.6 Å². The normalized spacial score (nSPS) is 20.1. The molecular formula is C17H36IN5O2S. The summed E-state index contributed by atoms with van der Waals surface area (Å²) in [6.07, 6.45) is 4.98. The average Bonchev–Trinajstić information content (AvgIpc) is 3.41. The number of sulfonamides is 1. The number of guanidine groups is 1. The Morgan fingerprint density at radius 3 is 2.23 bits per heavy atom. The first-order valence-electron chi connectivity index (χ1n) is 9.76. The molecule has 1 aliphatic heterocycles. The molecule has 0 radical (unpaired) electrons. The van der Waals surface area contributed by atoms with Crippen molar-refractivity contribution in [3.63, 3.8) is 0 Å². The first kappa shape index (κ1) is 23.9. The lowest BCUT2D eigenvalue weighted by Gasteiger charge is -2.33. The molecule has 1 saturated heterocycles. The molecule has 0 aromatic heterocycles. The van der Waals surface area contributed by atoms with Crippen molar-refractivity contribution in [2.24, 2.45) is 4.99 Å². The van der Waals surface area contributed by atoms with E-state index in [1.165, 1.54) is 17.1 Å². The summed E-state index contributed by atoms with van der Waals surface area (Å²) in [5, 5.41) is 6.72.